The van der Waals surface area contributed by atoms with Crippen LogP contribution in [0.25, 0.3) is 0 Å². The van der Waals surface area contributed by atoms with Crippen LogP contribution < -0.4 is 0 Å². The van der Waals surface area contributed by atoms with Crippen molar-refractivity contribution in [3.05, 3.63) is 36.0 Å². The summed E-state index contributed by atoms with van der Waals surface area (Å²) in [6, 6.07) is 0. The second kappa shape index (κ2) is 6.48. The lowest BCUT2D eigenvalue weighted by Crippen LogP contribution is -2.56. The van der Waals surface area contributed by atoms with Gasteiger partial charge in [0, 0.05) is 43.9 Å². The van der Waals surface area contributed by atoms with Crippen molar-refractivity contribution >= 4 is 11.8 Å². The molecular weight excluding hydrogens is 380 g/mol. The van der Waals surface area contributed by atoms with Crippen molar-refractivity contribution in [2.45, 2.75) is 72.0 Å². The Bertz CT molecular complexity index is 874. The van der Waals surface area contributed by atoms with Crippen LogP contribution in [0.1, 0.15) is 66.2 Å². The van der Waals surface area contributed by atoms with Crippen molar-refractivity contribution in [3.8, 4) is 0 Å². The summed E-state index contributed by atoms with van der Waals surface area (Å²) in [4.78, 5) is 25.1. The van der Waals surface area contributed by atoms with Crippen molar-refractivity contribution in [1.82, 2.24) is 0 Å². The van der Waals surface area contributed by atoms with E-state index in [2.05, 4.69) is 19.9 Å². The highest BCUT2D eigenvalue weighted by Gasteiger charge is 2.65. The molecule has 0 saturated heterocycles. The first kappa shape index (κ1) is 19.9. The fraction of sp³-hybridized carbons (Fsp3) is 0.680. The van der Waals surface area contributed by atoms with Crippen molar-refractivity contribution in [3.63, 3.8) is 0 Å². The first-order valence-corrected chi connectivity index (χ1v) is 11.3. The Morgan fingerprint density at radius 3 is 2.60 bits per heavy atom. The maximum atomic E-state index is 13.7. The zero-order valence-corrected chi connectivity index (χ0v) is 18.4. The number of Topliss-reactive ketones (excluding diaryl/α,β-unsaturated/α-hetero) is 1. The average molecular weight is 413 g/mol. The highest BCUT2D eigenvalue weighted by atomic mass is 16.7. The Morgan fingerprint density at radius 2 is 1.90 bits per heavy atom. The van der Waals surface area contributed by atoms with E-state index in [1.807, 2.05) is 13.0 Å². The van der Waals surface area contributed by atoms with Crippen LogP contribution in [-0.4, -0.2) is 17.5 Å². The van der Waals surface area contributed by atoms with Crippen molar-refractivity contribution in [1.29, 1.82) is 0 Å². The number of hydrogen-bond acceptors (Lipinski definition) is 5. The van der Waals surface area contributed by atoms with Gasteiger partial charge in [-0.3, -0.25) is 9.59 Å². The van der Waals surface area contributed by atoms with Gasteiger partial charge in [-0.1, -0.05) is 19.9 Å². The molecule has 6 atom stereocenters. The van der Waals surface area contributed by atoms with Gasteiger partial charge < -0.3 is 14.2 Å². The summed E-state index contributed by atoms with van der Waals surface area (Å²) < 4.78 is 17.1. The maximum absolute atomic E-state index is 13.7. The van der Waals surface area contributed by atoms with Gasteiger partial charge in [-0.15, -0.1) is 0 Å². The van der Waals surface area contributed by atoms with Crippen LogP contribution in [0.4, 0.5) is 0 Å². The van der Waals surface area contributed by atoms with Crippen LogP contribution in [0.15, 0.2) is 36.0 Å². The summed E-state index contributed by atoms with van der Waals surface area (Å²) in [5.41, 5.74) is 0.902. The molecule has 0 spiro atoms. The Hall–Kier alpha value is -2.04. The maximum Gasteiger partial charge on any atom is 0.307 e. The fourth-order valence-corrected chi connectivity index (χ4v) is 7.78. The van der Waals surface area contributed by atoms with Gasteiger partial charge in [0.2, 0.25) is 5.79 Å². The number of carbonyl (C=O) groups excluding carboxylic acids is 2. The molecule has 6 unspecified atom stereocenters. The molecule has 0 aromatic heterocycles. The molecule has 0 bridgehead atoms. The summed E-state index contributed by atoms with van der Waals surface area (Å²) in [7, 11) is 0. The van der Waals surface area contributed by atoms with Crippen LogP contribution in [-0.2, 0) is 23.8 Å². The van der Waals surface area contributed by atoms with E-state index in [0.717, 1.165) is 31.4 Å². The molecule has 0 aromatic rings. The van der Waals surface area contributed by atoms with Crippen LogP contribution >= 0.6 is 0 Å². The van der Waals surface area contributed by atoms with E-state index in [1.54, 1.807) is 12.5 Å². The van der Waals surface area contributed by atoms with Gasteiger partial charge in [-0.25, -0.2) is 0 Å². The van der Waals surface area contributed by atoms with E-state index < -0.39 is 5.79 Å². The average Bonchev–Trinajstić information content (AvgIpc) is 3.25. The SMILES string of the molecule is CC(=O)OC1=CC2=CCC3C(C(=O)CC4(C)C3CCC4C3(C)OC=CO3)C2(C)CC1. The predicted molar refractivity (Wildman–Crippen MR) is 111 cm³/mol. The molecule has 1 heterocycles. The molecule has 5 aliphatic rings. The Balaban J connectivity index is 1.48. The summed E-state index contributed by atoms with van der Waals surface area (Å²) in [6.07, 6.45) is 12.8. The molecule has 0 radical (unpaired) electrons. The number of ether oxygens (including phenoxy) is 3. The quantitative estimate of drug-likeness (QED) is 0.595. The molecule has 30 heavy (non-hydrogen) atoms. The monoisotopic (exact) mass is 412 g/mol. The summed E-state index contributed by atoms with van der Waals surface area (Å²) >= 11 is 0. The van der Waals surface area contributed by atoms with Crippen LogP contribution in [0, 0.1) is 34.5 Å². The van der Waals surface area contributed by atoms with Gasteiger partial charge in [0.05, 0.1) is 0 Å². The minimum Gasteiger partial charge on any atom is -0.457 e. The molecule has 0 aromatic carbocycles. The second-order valence-corrected chi connectivity index (χ2v) is 10.6. The van der Waals surface area contributed by atoms with E-state index in [0.29, 0.717) is 30.5 Å². The molecule has 0 N–H and O–H groups in total. The first-order valence-electron chi connectivity index (χ1n) is 11.3. The summed E-state index contributed by atoms with van der Waals surface area (Å²) in [6.45, 7) is 8.00. The molecule has 2 saturated carbocycles. The van der Waals surface area contributed by atoms with E-state index in [9.17, 15) is 9.59 Å². The van der Waals surface area contributed by atoms with Crippen molar-refractivity contribution in [2.24, 2.45) is 34.5 Å². The lowest BCUT2D eigenvalue weighted by Gasteiger charge is -2.56. The zero-order valence-electron chi connectivity index (χ0n) is 18.4. The van der Waals surface area contributed by atoms with Crippen LogP contribution in [0.2, 0.25) is 0 Å². The number of fused-ring (bicyclic) bond motifs is 5. The predicted octanol–water partition coefficient (Wildman–Crippen LogP) is 5.04. The van der Waals surface area contributed by atoms with Crippen LogP contribution in [0.3, 0.4) is 0 Å². The summed E-state index contributed by atoms with van der Waals surface area (Å²) in [5.74, 6) is 1.27. The minimum absolute atomic E-state index is 0.0424. The van der Waals surface area contributed by atoms with Gasteiger partial charge in [-0.2, -0.15) is 0 Å². The largest absolute Gasteiger partial charge is 0.457 e. The molecule has 5 nitrogen and oxygen atoms in total. The third-order valence-electron chi connectivity index (χ3n) is 8.99. The van der Waals surface area contributed by atoms with E-state index >= 15 is 0 Å². The van der Waals surface area contributed by atoms with Crippen LogP contribution in [0.5, 0.6) is 0 Å². The standard InChI is InChI=1S/C25H32O5/c1-15(26)30-17-9-10-23(2)16(13-17)5-6-18-19-7-8-21(25(4)28-11-12-29-25)24(19,3)14-20(27)22(18)23/h5,11-13,18-19,21-22H,6-10,14H2,1-4H3. The molecule has 5 rings (SSSR count). The number of esters is 1. The van der Waals surface area contributed by atoms with E-state index in [-0.39, 0.29) is 28.6 Å². The normalized spacial score (nSPS) is 43.4. The third kappa shape index (κ3) is 2.66. The van der Waals surface area contributed by atoms with E-state index in [1.165, 1.54) is 12.5 Å². The lowest BCUT2D eigenvalue weighted by molar-refractivity contribution is -0.202. The topological polar surface area (TPSA) is 61.8 Å². The summed E-state index contributed by atoms with van der Waals surface area (Å²) in [5, 5.41) is 0. The molecule has 5 heteroatoms. The van der Waals surface area contributed by atoms with Gasteiger partial charge in [0.15, 0.2) is 0 Å². The van der Waals surface area contributed by atoms with Crippen molar-refractivity contribution < 1.29 is 23.8 Å². The Morgan fingerprint density at radius 1 is 1.17 bits per heavy atom. The fourth-order valence-electron chi connectivity index (χ4n) is 7.78. The smallest absolute Gasteiger partial charge is 0.307 e. The van der Waals surface area contributed by atoms with E-state index in [4.69, 9.17) is 14.2 Å². The molecule has 4 aliphatic carbocycles. The number of carbonyl (C=O) groups is 2. The lowest BCUT2D eigenvalue weighted by atomic mass is 9.47. The highest BCUT2D eigenvalue weighted by molar-refractivity contribution is 5.85. The Kier molecular flexibility index (Phi) is 4.30. The van der Waals surface area contributed by atoms with Gasteiger partial charge in [0.25, 0.3) is 0 Å². The molecule has 0 amide bonds. The number of allylic oxidation sites excluding steroid dienone is 4. The van der Waals surface area contributed by atoms with Gasteiger partial charge >= 0.3 is 5.97 Å². The first-order chi connectivity index (χ1) is 14.2. The van der Waals surface area contributed by atoms with Crippen molar-refractivity contribution in [2.75, 3.05) is 0 Å². The number of rotatable bonds is 2. The molecule has 1 aliphatic heterocycles. The minimum atomic E-state index is -0.664. The second-order valence-electron chi connectivity index (χ2n) is 10.6. The number of ketones is 1. The molecule has 162 valence electrons. The molecule has 2 fully saturated rings. The Labute approximate surface area is 178 Å². The number of hydrogen-bond donors (Lipinski definition) is 0. The zero-order chi connectivity index (χ0) is 21.3. The highest BCUT2D eigenvalue weighted by Crippen LogP contribution is 2.66. The van der Waals surface area contributed by atoms with Gasteiger partial charge in [-0.05, 0) is 54.6 Å². The van der Waals surface area contributed by atoms with Gasteiger partial charge in [0.1, 0.15) is 24.1 Å². The molecular formula is C25H32O5. The third-order valence-corrected chi connectivity index (χ3v) is 8.99.